The highest BCUT2D eigenvalue weighted by Gasteiger charge is 2.02. The van der Waals surface area contributed by atoms with Crippen molar-refractivity contribution < 1.29 is 0 Å². The van der Waals surface area contributed by atoms with E-state index in [1.807, 2.05) is 6.92 Å². The first kappa shape index (κ1) is 9.86. The lowest BCUT2D eigenvalue weighted by Crippen LogP contribution is -1.96. The normalized spacial score (nSPS) is 14.1. The predicted molar refractivity (Wildman–Crippen MR) is 49.8 cm³/mol. The van der Waals surface area contributed by atoms with Gasteiger partial charge in [0.25, 0.3) is 0 Å². The summed E-state index contributed by atoms with van der Waals surface area (Å²) in [6.07, 6.45) is 14.2. The van der Waals surface area contributed by atoms with Gasteiger partial charge in [0.2, 0.25) is 0 Å². The van der Waals surface area contributed by atoms with E-state index in [9.17, 15) is 0 Å². The molecule has 0 rings (SSSR count). The van der Waals surface area contributed by atoms with E-state index in [4.69, 9.17) is 12.8 Å². The van der Waals surface area contributed by atoms with Gasteiger partial charge in [0.05, 0.1) is 0 Å². The summed E-state index contributed by atoms with van der Waals surface area (Å²) in [6.45, 7) is 5.67. The molecule has 0 saturated carbocycles. The second-order valence-corrected chi connectivity index (χ2v) is 2.65. The SMILES string of the molecule is C#CC(C)CCC(C#C)C=C. The minimum absolute atomic E-state index is 0.186. The van der Waals surface area contributed by atoms with E-state index in [-0.39, 0.29) is 5.92 Å². The number of hydrogen-bond acceptors (Lipinski definition) is 0. The van der Waals surface area contributed by atoms with Crippen molar-refractivity contribution in [3.8, 4) is 24.7 Å². The summed E-state index contributed by atoms with van der Waals surface area (Å²) in [4.78, 5) is 0. The van der Waals surface area contributed by atoms with Crippen LogP contribution in [-0.2, 0) is 0 Å². The molecule has 0 amide bonds. The molecule has 0 heteroatoms. The first-order chi connectivity index (χ1) is 5.24. The Labute approximate surface area is 69.7 Å². The van der Waals surface area contributed by atoms with Crippen LogP contribution in [0.5, 0.6) is 0 Å². The van der Waals surface area contributed by atoms with Crippen molar-refractivity contribution in [1.29, 1.82) is 0 Å². The fraction of sp³-hybridized carbons (Fsp3) is 0.455. The molecule has 2 unspecified atom stereocenters. The van der Waals surface area contributed by atoms with E-state index in [1.165, 1.54) is 0 Å². The van der Waals surface area contributed by atoms with E-state index in [1.54, 1.807) is 6.08 Å². The quantitative estimate of drug-likeness (QED) is 0.422. The Hall–Kier alpha value is -1.14. The highest BCUT2D eigenvalue weighted by atomic mass is 14.0. The lowest BCUT2D eigenvalue weighted by atomic mass is 9.98. The lowest BCUT2D eigenvalue weighted by Gasteiger charge is -2.05. The van der Waals surface area contributed by atoms with Crippen LogP contribution in [0.1, 0.15) is 19.8 Å². The van der Waals surface area contributed by atoms with E-state index < -0.39 is 0 Å². The van der Waals surface area contributed by atoms with E-state index in [2.05, 4.69) is 18.4 Å². The minimum atomic E-state index is 0.186. The van der Waals surface area contributed by atoms with E-state index in [0.717, 1.165) is 12.8 Å². The maximum atomic E-state index is 5.24. The van der Waals surface area contributed by atoms with E-state index >= 15 is 0 Å². The highest BCUT2D eigenvalue weighted by Crippen LogP contribution is 2.11. The molecule has 0 aliphatic carbocycles. The number of rotatable bonds is 4. The molecule has 0 saturated heterocycles. The monoisotopic (exact) mass is 146 g/mol. The highest BCUT2D eigenvalue weighted by molar-refractivity contribution is 5.02. The van der Waals surface area contributed by atoms with Crippen molar-refractivity contribution in [3.05, 3.63) is 12.7 Å². The smallest absolute Gasteiger partial charge is 0.0377 e. The van der Waals surface area contributed by atoms with Gasteiger partial charge in [-0.1, -0.05) is 18.9 Å². The zero-order valence-electron chi connectivity index (χ0n) is 7.01. The van der Waals surface area contributed by atoms with Crippen molar-refractivity contribution in [2.45, 2.75) is 19.8 Å². The first-order valence-electron chi connectivity index (χ1n) is 3.79. The maximum Gasteiger partial charge on any atom is 0.0377 e. The molecule has 0 spiro atoms. The Bertz CT molecular complexity index is 187. The van der Waals surface area contributed by atoms with Crippen LogP contribution >= 0.6 is 0 Å². The van der Waals surface area contributed by atoms with Crippen LogP contribution in [0.15, 0.2) is 12.7 Å². The topological polar surface area (TPSA) is 0 Å². The molecule has 0 aromatic carbocycles. The Morgan fingerprint density at radius 2 is 2.00 bits per heavy atom. The third-order valence-corrected chi connectivity index (χ3v) is 1.69. The fourth-order valence-corrected chi connectivity index (χ4v) is 0.782. The van der Waals surface area contributed by atoms with Gasteiger partial charge in [0.15, 0.2) is 0 Å². The second-order valence-electron chi connectivity index (χ2n) is 2.65. The Kier molecular flexibility index (Phi) is 5.05. The third kappa shape index (κ3) is 4.29. The summed E-state index contributed by atoms with van der Waals surface area (Å²) >= 11 is 0. The van der Waals surface area contributed by atoms with Gasteiger partial charge >= 0.3 is 0 Å². The molecule has 2 atom stereocenters. The van der Waals surface area contributed by atoms with Crippen LogP contribution in [0.25, 0.3) is 0 Å². The molecule has 0 heterocycles. The van der Waals surface area contributed by atoms with Crippen molar-refractivity contribution in [3.63, 3.8) is 0 Å². The van der Waals surface area contributed by atoms with Crippen molar-refractivity contribution in [1.82, 2.24) is 0 Å². The second kappa shape index (κ2) is 5.63. The summed E-state index contributed by atoms with van der Waals surface area (Å²) < 4.78 is 0. The van der Waals surface area contributed by atoms with Gasteiger partial charge in [-0.3, -0.25) is 0 Å². The van der Waals surface area contributed by atoms with Gasteiger partial charge in [0.1, 0.15) is 0 Å². The lowest BCUT2D eigenvalue weighted by molar-refractivity contribution is 0.584. The summed E-state index contributed by atoms with van der Waals surface area (Å²) in [5.41, 5.74) is 0. The summed E-state index contributed by atoms with van der Waals surface area (Å²) in [6, 6.07) is 0. The van der Waals surface area contributed by atoms with Crippen LogP contribution in [0, 0.1) is 36.5 Å². The zero-order chi connectivity index (χ0) is 8.69. The molecular weight excluding hydrogens is 132 g/mol. The number of hydrogen-bond donors (Lipinski definition) is 0. The van der Waals surface area contributed by atoms with Crippen molar-refractivity contribution in [2.75, 3.05) is 0 Å². The van der Waals surface area contributed by atoms with Gasteiger partial charge < -0.3 is 0 Å². The molecule has 0 aliphatic heterocycles. The van der Waals surface area contributed by atoms with Crippen LogP contribution < -0.4 is 0 Å². The maximum absolute atomic E-state index is 5.24. The fourth-order valence-electron chi connectivity index (χ4n) is 0.782. The Balaban J connectivity index is 3.63. The van der Waals surface area contributed by atoms with Crippen molar-refractivity contribution >= 4 is 0 Å². The van der Waals surface area contributed by atoms with Gasteiger partial charge in [-0.2, -0.15) is 0 Å². The largest absolute Gasteiger partial charge is 0.120 e. The van der Waals surface area contributed by atoms with Gasteiger partial charge in [-0.05, 0) is 12.8 Å². The average Bonchev–Trinajstić information content (AvgIpc) is 2.06. The molecule has 58 valence electrons. The molecule has 0 fully saturated rings. The molecule has 0 aliphatic rings. The predicted octanol–water partition coefficient (Wildman–Crippen LogP) is 2.47. The van der Waals surface area contributed by atoms with Gasteiger partial charge in [-0.15, -0.1) is 25.3 Å². The van der Waals surface area contributed by atoms with Crippen LogP contribution in [0.2, 0.25) is 0 Å². The molecule has 0 radical (unpaired) electrons. The summed E-state index contributed by atoms with van der Waals surface area (Å²) in [5, 5.41) is 0. The van der Waals surface area contributed by atoms with Gasteiger partial charge in [0, 0.05) is 11.8 Å². The van der Waals surface area contributed by atoms with Crippen LogP contribution in [0.3, 0.4) is 0 Å². The van der Waals surface area contributed by atoms with E-state index in [0.29, 0.717) is 5.92 Å². The first-order valence-corrected chi connectivity index (χ1v) is 3.79. The molecular formula is C11H14. The van der Waals surface area contributed by atoms with Gasteiger partial charge in [-0.25, -0.2) is 0 Å². The molecule has 0 aromatic heterocycles. The standard InChI is InChI=1S/C11H14/c1-5-10(4)8-9-11(6-2)7-3/h1-2,7,10-11H,3,8-9H2,4H3. The van der Waals surface area contributed by atoms with Crippen LogP contribution in [0.4, 0.5) is 0 Å². The molecule has 11 heavy (non-hydrogen) atoms. The summed E-state index contributed by atoms with van der Waals surface area (Å²) in [7, 11) is 0. The molecule has 0 aromatic rings. The summed E-state index contributed by atoms with van der Waals surface area (Å²) in [5.74, 6) is 5.82. The van der Waals surface area contributed by atoms with Crippen molar-refractivity contribution in [2.24, 2.45) is 11.8 Å². The minimum Gasteiger partial charge on any atom is -0.120 e. The van der Waals surface area contributed by atoms with Crippen LogP contribution in [-0.4, -0.2) is 0 Å². The number of allylic oxidation sites excluding steroid dienone is 1. The number of terminal acetylenes is 2. The molecule has 0 N–H and O–H groups in total. The molecule has 0 nitrogen and oxygen atoms in total. The average molecular weight is 146 g/mol. The third-order valence-electron chi connectivity index (χ3n) is 1.69. The zero-order valence-corrected chi connectivity index (χ0v) is 7.01. The Morgan fingerprint density at radius 1 is 1.36 bits per heavy atom. The molecule has 0 bridgehead atoms. The Morgan fingerprint density at radius 3 is 2.36 bits per heavy atom.